The molecule has 1 aromatic carbocycles. The molecule has 0 fully saturated rings. The summed E-state index contributed by atoms with van der Waals surface area (Å²) in [7, 11) is 0. The molecule has 0 aliphatic carbocycles. The van der Waals surface area contributed by atoms with Crippen LogP contribution in [0.5, 0.6) is 0 Å². The first-order valence-corrected chi connectivity index (χ1v) is 7.81. The number of H-pyrrole nitrogens is 1. The lowest BCUT2D eigenvalue weighted by Crippen LogP contribution is -2.10. The highest BCUT2D eigenvalue weighted by Gasteiger charge is 2.20. The highest BCUT2D eigenvalue weighted by molar-refractivity contribution is 7.21. The quantitative estimate of drug-likeness (QED) is 0.664. The van der Waals surface area contributed by atoms with E-state index in [4.69, 9.17) is 34.8 Å². The molecule has 0 spiro atoms. The summed E-state index contributed by atoms with van der Waals surface area (Å²) < 4.78 is 0.765. The molecule has 0 radical (unpaired) electrons. The third-order valence-corrected chi connectivity index (χ3v) is 4.95. The molecule has 2 aromatic heterocycles. The minimum atomic E-state index is -0.333. The van der Waals surface area contributed by atoms with Gasteiger partial charge in [0.2, 0.25) is 0 Å². The van der Waals surface area contributed by atoms with Gasteiger partial charge in [-0.3, -0.25) is 9.89 Å². The molecule has 21 heavy (non-hydrogen) atoms. The number of aryl methyl sites for hydroxylation is 1. The number of nitrogens with zero attached hydrogens (tertiary/aromatic N) is 1. The predicted octanol–water partition coefficient (Wildman–Crippen LogP) is 5.15. The Labute approximate surface area is 139 Å². The van der Waals surface area contributed by atoms with E-state index in [0.29, 0.717) is 31.1 Å². The van der Waals surface area contributed by atoms with Crippen LogP contribution in [0.4, 0.5) is 5.82 Å². The van der Waals surface area contributed by atoms with Gasteiger partial charge in [-0.15, -0.1) is 11.3 Å². The van der Waals surface area contributed by atoms with Crippen LogP contribution in [0, 0.1) is 6.92 Å². The number of aromatic nitrogens is 2. The normalized spacial score (nSPS) is 11.0. The van der Waals surface area contributed by atoms with Crippen molar-refractivity contribution in [2.24, 2.45) is 0 Å². The van der Waals surface area contributed by atoms with Crippen molar-refractivity contribution in [1.29, 1.82) is 0 Å². The fourth-order valence-corrected chi connectivity index (χ4v) is 4.19. The van der Waals surface area contributed by atoms with Crippen molar-refractivity contribution in [1.82, 2.24) is 10.2 Å². The number of rotatable bonds is 2. The van der Waals surface area contributed by atoms with Gasteiger partial charge in [0.1, 0.15) is 4.88 Å². The van der Waals surface area contributed by atoms with E-state index in [0.717, 1.165) is 10.4 Å². The van der Waals surface area contributed by atoms with Crippen LogP contribution < -0.4 is 5.32 Å². The number of hydrogen-bond acceptors (Lipinski definition) is 3. The van der Waals surface area contributed by atoms with Gasteiger partial charge in [0.05, 0.1) is 10.0 Å². The topological polar surface area (TPSA) is 57.8 Å². The first kappa shape index (κ1) is 14.7. The Hall–Kier alpha value is -1.27. The van der Waals surface area contributed by atoms with Crippen molar-refractivity contribution in [3.05, 3.63) is 43.8 Å². The van der Waals surface area contributed by atoms with Crippen molar-refractivity contribution >= 4 is 68.0 Å². The van der Waals surface area contributed by atoms with Gasteiger partial charge in [0.25, 0.3) is 5.91 Å². The molecule has 4 nitrogen and oxygen atoms in total. The summed E-state index contributed by atoms with van der Waals surface area (Å²) in [4.78, 5) is 12.7. The van der Waals surface area contributed by atoms with Crippen LogP contribution in [0.2, 0.25) is 15.1 Å². The van der Waals surface area contributed by atoms with Gasteiger partial charge < -0.3 is 5.32 Å². The number of carbonyl (C=O) groups is 1. The number of anilines is 1. The monoisotopic (exact) mass is 359 g/mol. The Morgan fingerprint density at radius 1 is 1.29 bits per heavy atom. The van der Waals surface area contributed by atoms with Crippen LogP contribution >= 0.6 is 46.1 Å². The van der Waals surface area contributed by atoms with E-state index in [2.05, 4.69) is 15.5 Å². The predicted molar refractivity (Wildman–Crippen MR) is 88.1 cm³/mol. The number of thiophene rings is 1. The fraction of sp³-hybridized carbons (Fsp3) is 0.0769. The largest absolute Gasteiger partial charge is 0.304 e. The Balaban J connectivity index is 2.02. The Morgan fingerprint density at radius 3 is 2.71 bits per heavy atom. The minimum Gasteiger partial charge on any atom is -0.304 e. The van der Waals surface area contributed by atoms with Gasteiger partial charge in [-0.05, 0) is 19.1 Å². The molecular weight excluding hydrogens is 353 g/mol. The molecule has 2 heterocycles. The first-order chi connectivity index (χ1) is 9.95. The summed E-state index contributed by atoms with van der Waals surface area (Å²) >= 11 is 19.6. The fourth-order valence-electron chi connectivity index (χ4n) is 1.91. The maximum atomic E-state index is 12.3. The summed E-state index contributed by atoms with van der Waals surface area (Å²) in [5.74, 6) is 0.107. The number of nitrogens with one attached hydrogen (secondary N) is 2. The van der Waals surface area contributed by atoms with E-state index >= 15 is 0 Å². The van der Waals surface area contributed by atoms with Crippen LogP contribution in [0.15, 0.2) is 18.2 Å². The average Bonchev–Trinajstić information content (AvgIpc) is 2.93. The molecule has 1 amide bonds. The number of carbonyl (C=O) groups excluding carboxylic acids is 1. The molecule has 0 bridgehead atoms. The van der Waals surface area contributed by atoms with Crippen molar-refractivity contribution in [2.75, 3.05) is 5.32 Å². The first-order valence-electron chi connectivity index (χ1n) is 5.86. The van der Waals surface area contributed by atoms with Crippen LogP contribution in [0.25, 0.3) is 10.1 Å². The zero-order valence-electron chi connectivity index (χ0n) is 10.6. The molecule has 0 aliphatic heterocycles. The van der Waals surface area contributed by atoms with Crippen LogP contribution in [-0.2, 0) is 0 Å². The molecule has 0 saturated heterocycles. The molecule has 0 aliphatic rings. The van der Waals surface area contributed by atoms with E-state index in [1.54, 1.807) is 18.2 Å². The minimum absolute atomic E-state index is 0.321. The summed E-state index contributed by atoms with van der Waals surface area (Å²) in [5, 5.41) is 11.3. The molecule has 0 atom stereocenters. The number of benzene rings is 1. The third-order valence-electron chi connectivity index (χ3n) is 2.80. The summed E-state index contributed by atoms with van der Waals surface area (Å²) in [6.45, 7) is 1.84. The lowest BCUT2D eigenvalue weighted by molar-refractivity contribution is 0.103. The molecule has 0 unspecified atom stereocenters. The highest BCUT2D eigenvalue weighted by Crippen LogP contribution is 2.41. The molecule has 0 saturated carbocycles. The van der Waals surface area contributed by atoms with E-state index in [9.17, 15) is 4.79 Å². The van der Waals surface area contributed by atoms with Gasteiger partial charge in [-0.25, -0.2) is 0 Å². The van der Waals surface area contributed by atoms with Crippen molar-refractivity contribution in [2.45, 2.75) is 6.92 Å². The SMILES string of the molecule is Cc1cc(NC(=O)c2sc3cc(Cl)cc(Cl)c3c2Cl)n[nH]1. The molecule has 8 heteroatoms. The summed E-state index contributed by atoms with van der Waals surface area (Å²) in [6.07, 6.45) is 0. The number of fused-ring (bicyclic) bond motifs is 1. The third kappa shape index (κ3) is 2.74. The maximum absolute atomic E-state index is 12.3. The van der Waals surface area contributed by atoms with E-state index in [-0.39, 0.29) is 5.91 Å². The van der Waals surface area contributed by atoms with Gasteiger partial charge >= 0.3 is 0 Å². The molecule has 2 N–H and O–H groups in total. The van der Waals surface area contributed by atoms with Crippen LogP contribution in [0.1, 0.15) is 15.4 Å². The second-order valence-corrected chi connectivity index (χ2v) is 6.67. The van der Waals surface area contributed by atoms with Gasteiger partial charge in [0, 0.05) is 26.9 Å². The summed E-state index contributed by atoms with van der Waals surface area (Å²) in [5.41, 5.74) is 0.850. The van der Waals surface area contributed by atoms with Gasteiger partial charge in [-0.1, -0.05) is 34.8 Å². The van der Waals surface area contributed by atoms with E-state index < -0.39 is 0 Å². The van der Waals surface area contributed by atoms with Gasteiger partial charge in [0.15, 0.2) is 5.82 Å². The Morgan fingerprint density at radius 2 is 2.05 bits per heavy atom. The lowest BCUT2D eigenvalue weighted by atomic mass is 10.2. The average molecular weight is 361 g/mol. The van der Waals surface area contributed by atoms with Crippen LogP contribution in [0.3, 0.4) is 0 Å². The second-order valence-electron chi connectivity index (χ2n) is 4.40. The van der Waals surface area contributed by atoms with E-state index in [1.165, 1.54) is 11.3 Å². The number of hydrogen-bond donors (Lipinski definition) is 2. The second kappa shape index (κ2) is 5.50. The molecule has 3 rings (SSSR count). The molecule has 108 valence electrons. The van der Waals surface area contributed by atoms with Crippen molar-refractivity contribution in [3.63, 3.8) is 0 Å². The Kier molecular flexibility index (Phi) is 3.84. The highest BCUT2D eigenvalue weighted by atomic mass is 35.5. The summed E-state index contributed by atoms with van der Waals surface area (Å²) in [6, 6.07) is 5.06. The lowest BCUT2D eigenvalue weighted by Gasteiger charge is -1.99. The number of aromatic amines is 1. The molecule has 3 aromatic rings. The smallest absolute Gasteiger partial charge is 0.268 e. The standard InChI is InChI=1S/C13H8Cl3N3OS/c1-5-2-9(19-18-5)17-13(20)12-11(16)10-7(15)3-6(14)4-8(10)21-12/h2-4H,1H3,(H2,17,18,19,20). The van der Waals surface area contributed by atoms with Crippen molar-refractivity contribution < 1.29 is 4.79 Å². The van der Waals surface area contributed by atoms with Gasteiger partial charge in [-0.2, -0.15) is 5.10 Å². The molecular formula is C13H8Cl3N3OS. The van der Waals surface area contributed by atoms with Crippen LogP contribution in [-0.4, -0.2) is 16.1 Å². The van der Waals surface area contributed by atoms with E-state index in [1.807, 2.05) is 6.92 Å². The Bertz CT molecular complexity index is 856. The zero-order chi connectivity index (χ0) is 15.1. The number of halogens is 3. The number of amides is 1. The van der Waals surface area contributed by atoms with Crippen molar-refractivity contribution in [3.8, 4) is 0 Å². The zero-order valence-corrected chi connectivity index (χ0v) is 13.7. The maximum Gasteiger partial charge on any atom is 0.268 e.